The molecule has 1 aliphatic rings. The fourth-order valence-electron chi connectivity index (χ4n) is 4.65. The summed E-state index contributed by atoms with van der Waals surface area (Å²) in [6.45, 7) is 2.67. The topological polar surface area (TPSA) is 76.9 Å². The van der Waals surface area contributed by atoms with Crippen LogP contribution >= 0.6 is 0 Å². The van der Waals surface area contributed by atoms with Gasteiger partial charge < -0.3 is 4.57 Å². The maximum atomic E-state index is 14.2. The van der Waals surface area contributed by atoms with Gasteiger partial charge in [-0.15, -0.1) is 0 Å². The zero-order valence-corrected chi connectivity index (χ0v) is 21.3. The molecule has 6 nitrogen and oxygen atoms in total. The largest absolute Gasteiger partial charge is 0.308 e. The predicted molar refractivity (Wildman–Crippen MR) is 142 cm³/mol. The number of halogens is 2. The van der Waals surface area contributed by atoms with E-state index in [-0.39, 0.29) is 0 Å². The average molecular weight is 531 g/mol. The smallest absolute Gasteiger partial charge is 0.264 e. The first-order valence-electron chi connectivity index (χ1n) is 12.3. The molecule has 9 heteroatoms. The van der Waals surface area contributed by atoms with Crippen LogP contribution < -0.4 is 4.72 Å². The Morgan fingerprint density at radius 1 is 1.00 bits per heavy atom. The van der Waals surface area contributed by atoms with E-state index in [9.17, 15) is 17.2 Å². The lowest BCUT2D eigenvalue weighted by Gasteiger charge is -2.14. The Morgan fingerprint density at radius 2 is 1.76 bits per heavy atom. The van der Waals surface area contributed by atoms with E-state index in [0.29, 0.717) is 29.8 Å². The summed E-state index contributed by atoms with van der Waals surface area (Å²) < 4.78 is 57.9. The Morgan fingerprint density at radius 3 is 2.50 bits per heavy atom. The first kappa shape index (κ1) is 24.2. The van der Waals surface area contributed by atoms with Crippen molar-refractivity contribution in [1.82, 2.24) is 14.5 Å². The third kappa shape index (κ3) is 4.54. The number of fused-ring (bicyclic) bond motifs is 1. The van der Waals surface area contributed by atoms with E-state index in [1.54, 1.807) is 24.3 Å². The Kier molecular flexibility index (Phi) is 5.95. The fraction of sp³-hybridized carbons (Fsp3) is 0.172. The number of sulfonamides is 1. The summed E-state index contributed by atoms with van der Waals surface area (Å²) in [4.78, 5) is 8.89. The molecule has 38 heavy (non-hydrogen) atoms. The van der Waals surface area contributed by atoms with Crippen LogP contribution in [0.1, 0.15) is 35.7 Å². The van der Waals surface area contributed by atoms with Crippen molar-refractivity contribution < 1.29 is 17.2 Å². The lowest BCUT2D eigenvalue weighted by atomic mass is 10.0. The molecule has 192 valence electrons. The molecule has 1 N–H and O–H groups in total. The normalized spacial score (nSPS) is 13.7. The standard InChI is InChI=1S/C29H24F2N4O2S/c1-18-14-15-32-29-27(18)33-28(21-10-11-21)35(29)17-19-6-8-20(9-7-19)23-4-2-3-5-25(23)34-38(36,37)26-13-12-22(30)16-24(26)31/h2-9,12-16,21,34H,10-11,17H2,1H3. The Labute approximate surface area is 219 Å². The summed E-state index contributed by atoms with van der Waals surface area (Å²) in [7, 11) is -4.27. The van der Waals surface area contributed by atoms with E-state index in [2.05, 4.69) is 14.3 Å². The summed E-state index contributed by atoms with van der Waals surface area (Å²) in [5.74, 6) is -0.463. The SMILES string of the molecule is Cc1ccnc2c1nc(C1CC1)n2Cc1ccc(-c2ccccc2NS(=O)(=O)c2ccc(F)cc2F)cc1. The fourth-order valence-corrected chi connectivity index (χ4v) is 5.79. The van der Waals surface area contributed by atoms with Gasteiger partial charge in [-0.25, -0.2) is 27.2 Å². The number of hydrogen-bond donors (Lipinski definition) is 1. The number of hydrogen-bond acceptors (Lipinski definition) is 4. The van der Waals surface area contributed by atoms with E-state index >= 15 is 0 Å². The number of aromatic nitrogens is 3. The average Bonchev–Trinajstić information content (AvgIpc) is 3.67. The van der Waals surface area contributed by atoms with Crippen LogP contribution in [0.15, 0.2) is 83.9 Å². The zero-order chi connectivity index (χ0) is 26.4. The molecule has 0 amide bonds. The maximum absolute atomic E-state index is 14.2. The number of anilines is 1. The summed E-state index contributed by atoms with van der Waals surface area (Å²) in [5, 5.41) is 0. The molecule has 0 atom stereocenters. The van der Waals surface area contributed by atoms with E-state index in [1.807, 2.05) is 43.5 Å². The Hall–Kier alpha value is -4.11. The van der Waals surface area contributed by atoms with Gasteiger partial charge in [0.15, 0.2) is 5.65 Å². The highest BCUT2D eigenvalue weighted by Gasteiger charge is 2.30. The Bertz CT molecular complexity index is 1780. The van der Waals surface area contributed by atoms with Crippen molar-refractivity contribution in [3.05, 3.63) is 108 Å². The van der Waals surface area contributed by atoms with Crippen molar-refractivity contribution in [1.29, 1.82) is 0 Å². The molecule has 0 radical (unpaired) electrons. The molecule has 0 bridgehead atoms. The van der Waals surface area contributed by atoms with E-state index in [4.69, 9.17) is 4.98 Å². The molecule has 3 aromatic carbocycles. The van der Waals surface area contributed by atoms with Gasteiger partial charge in [0.2, 0.25) is 0 Å². The predicted octanol–water partition coefficient (Wildman–Crippen LogP) is 6.41. The molecule has 1 fully saturated rings. The van der Waals surface area contributed by atoms with Gasteiger partial charge in [0.05, 0.1) is 12.2 Å². The molecule has 0 saturated heterocycles. The van der Waals surface area contributed by atoms with Crippen molar-refractivity contribution in [2.24, 2.45) is 0 Å². The van der Waals surface area contributed by atoms with Gasteiger partial charge in [0.25, 0.3) is 10.0 Å². The van der Waals surface area contributed by atoms with Crippen LogP contribution in [0.25, 0.3) is 22.3 Å². The molecule has 1 aliphatic carbocycles. The minimum atomic E-state index is -4.27. The number of nitrogens with zero attached hydrogens (tertiary/aromatic N) is 3. The van der Waals surface area contributed by atoms with Gasteiger partial charge in [0.1, 0.15) is 27.9 Å². The third-order valence-electron chi connectivity index (χ3n) is 6.77. The molecule has 6 rings (SSSR count). The van der Waals surface area contributed by atoms with Crippen LogP contribution in [0.4, 0.5) is 14.5 Å². The summed E-state index contributed by atoms with van der Waals surface area (Å²) >= 11 is 0. The molecule has 0 spiro atoms. The van der Waals surface area contributed by atoms with Crippen LogP contribution in [0.3, 0.4) is 0 Å². The number of imidazole rings is 1. The second-order valence-electron chi connectivity index (χ2n) is 9.55. The van der Waals surface area contributed by atoms with Crippen molar-refractivity contribution in [3.8, 4) is 11.1 Å². The summed E-state index contributed by atoms with van der Waals surface area (Å²) in [6.07, 6.45) is 4.08. The molecule has 0 unspecified atom stereocenters. The molecular weight excluding hydrogens is 506 g/mol. The van der Waals surface area contributed by atoms with Gasteiger partial charge in [-0.05, 0) is 60.7 Å². The van der Waals surface area contributed by atoms with Gasteiger partial charge in [-0.1, -0.05) is 42.5 Å². The minimum Gasteiger partial charge on any atom is -0.308 e. The Balaban J connectivity index is 1.30. The number of pyridine rings is 1. The van der Waals surface area contributed by atoms with Crippen molar-refractivity contribution in [2.45, 2.75) is 37.1 Å². The molecule has 5 aromatic rings. The highest BCUT2D eigenvalue weighted by atomic mass is 32.2. The van der Waals surface area contributed by atoms with E-state index < -0.39 is 26.6 Å². The molecule has 2 aromatic heterocycles. The van der Waals surface area contributed by atoms with Crippen LogP contribution in [-0.2, 0) is 16.6 Å². The van der Waals surface area contributed by atoms with Gasteiger partial charge >= 0.3 is 0 Å². The van der Waals surface area contributed by atoms with Crippen LogP contribution in [0.5, 0.6) is 0 Å². The molecule has 1 saturated carbocycles. The second-order valence-corrected chi connectivity index (χ2v) is 11.2. The van der Waals surface area contributed by atoms with Gasteiger partial charge in [-0.2, -0.15) is 0 Å². The van der Waals surface area contributed by atoms with Gasteiger partial charge in [0, 0.05) is 23.7 Å². The first-order valence-corrected chi connectivity index (χ1v) is 13.8. The second kappa shape index (κ2) is 9.33. The highest BCUT2D eigenvalue weighted by molar-refractivity contribution is 7.92. The van der Waals surface area contributed by atoms with Crippen LogP contribution in [-0.4, -0.2) is 23.0 Å². The number of benzene rings is 3. The molecular formula is C29H24F2N4O2S. The maximum Gasteiger partial charge on any atom is 0.264 e. The summed E-state index contributed by atoms with van der Waals surface area (Å²) in [5.41, 5.74) is 5.69. The number of aryl methyl sites for hydroxylation is 1. The quantitative estimate of drug-likeness (QED) is 0.264. The van der Waals surface area contributed by atoms with E-state index in [1.165, 1.54) is 0 Å². The van der Waals surface area contributed by atoms with Crippen molar-refractivity contribution in [2.75, 3.05) is 4.72 Å². The third-order valence-corrected chi connectivity index (χ3v) is 8.17. The molecule has 0 aliphatic heterocycles. The van der Waals surface area contributed by atoms with Crippen LogP contribution in [0, 0.1) is 18.6 Å². The van der Waals surface area contributed by atoms with Crippen molar-refractivity contribution in [3.63, 3.8) is 0 Å². The monoisotopic (exact) mass is 530 g/mol. The first-order chi connectivity index (χ1) is 18.3. The molecule has 2 heterocycles. The number of rotatable bonds is 7. The van der Waals surface area contributed by atoms with Gasteiger partial charge in [-0.3, -0.25) is 4.72 Å². The summed E-state index contributed by atoms with van der Waals surface area (Å²) in [6, 6.07) is 19.1. The zero-order valence-electron chi connectivity index (χ0n) is 20.5. The highest BCUT2D eigenvalue weighted by Crippen LogP contribution is 2.41. The van der Waals surface area contributed by atoms with E-state index in [0.717, 1.165) is 58.7 Å². The minimum absolute atomic E-state index is 0.292. The van der Waals surface area contributed by atoms with Crippen LogP contribution in [0.2, 0.25) is 0 Å². The number of para-hydroxylation sites is 1. The van der Waals surface area contributed by atoms with Crippen molar-refractivity contribution >= 4 is 26.9 Å². The lowest BCUT2D eigenvalue weighted by molar-refractivity contribution is 0.551. The lowest BCUT2D eigenvalue weighted by Crippen LogP contribution is -2.15. The number of nitrogens with one attached hydrogen (secondary N) is 1.